The van der Waals surface area contributed by atoms with Crippen LogP contribution in [0.4, 0.5) is 0 Å². The van der Waals surface area contributed by atoms with Gasteiger partial charge in [-0.3, -0.25) is 0 Å². The van der Waals surface area contributed by atoms with Gasteiger partial charge in [-0.05, 0) is 38.0 Å². The van der Waals surface area contributed by atoms with E-state index in [2.05, 4.69) is 25.2 Å². The summed E-state index contributed by atoms with van der Waals surface area (Å²) in [5, 5.41) is 3.26. The third-order valence-corrected chi connectivity index (χ3v) is 2.11. The van der Waals surface area contributed by atoms with Crippen LogP contribution in [0.3, 0.4) is 0 Å². The van der Waals surface area contributed by atoms with Crippen molar-refractivity contribution < 1.29 is 0 Å². The first-order valence-corrected chi connectivity index (χ1v) is 4.19. The summed E-state index contributed by atoms with van der Waals surface area (Å²) < 4.78 is 0. The second kappa shape index (κ2) is 3.48. The first kappa shape index (κ1) is 8.91. The zero-order valence-corrected chi connectivity index (χ0v) is 7.94. The Morgan fingerprint density at radius 2 is 2.25 bits per heavy atom. The van der Waals surface area contributed by atoms with Gasteiger partial charge in [0.25, 0.3) is 0 Å². The van der Waals surface area contributed by atoms with Crippen LogP contribution in [0.1, 0.15) is 20.8 Å². The Morgan fingerprint density at radius 1 is 1.58 bits per heavy atom. The fraction of sp³-hybridized carbons (Fsp3) is 0.400. The highest BCUT2D eigenvalue weighted by Crippen LogP contribution is 2.16. The van der Waals surface area contributed by atoms with Gasteiger partial charge in [0.15, 0.2) is 0 Å². The Morgan fingerprint density at radius 3 is 2.75 bits per heavy atom. The van der Waals surface area contributed by atoms with Gasteiger partial charge in [0.05, 0.1) is 0 Å². The van der Waals surface area contributed by atoms with Crippen molar-refractivity contribution in [2.45, 2.75) is 20.8 Å². The molecule has 2 heteroatoms. The van der Waals surface area contributed by atoms with E-state index in [0.717, 1.165) is 12.2 Å². The highest BCUT2D eigenvalue weighted by atomic mass is 14.9. The lowest BCUT2D eigenvalue weighted by Crippen LogP contribution is -2.22. The molecule has 1 rings (SSSR count). The van der Waals surface area contributed by atoms with E-state index in [1.54, 1.807) is 0 Å². The smallest absolute Gasteiger partial charge is 0.0420 e. The van der Waals surface area contributed by atoms with Gasteiger partial charge in [0, 0.05) is 17.9 Å². The van der Waals surface area contributed by atoms with Gasteiger partial charge in [-0.2, -0.15) is 0 Å². The molecule has 1 aliphatic rings. The van der Waals surface area contributed by atoms with Gasteiger partial charge >= 0.3 is 0 Å². The molecule has 0 fully saturated rings. The molecule has 0 spiro atoms. The van der Waals surface area contributed by atoms with Crippen molar-refractivity contribution in [3.63, 3.8) is 0 Å². The predicted octanol–water partition coefficient (Wildman–Crippen LogP) is 1.67. The second-order valence-corrected chi connectivity index (χ2v) is 3.09. The number of hydrogen-bond acceptors (Lipinski definition) is 2. The van der Waals surface area contributed by atoms with Crippen molar-refractivity contribution in [3.05, 3.63) is 34.7 Å². The maximum atomic E-state index is 5.82. The zero-order valence-electron chi connectivity index (χ0n) is 7.94. The monoisotopic (exact) mass is 164 g/mol. The molecule has 0 aromatic heterocycles. The highest BCUT2D eigenvalue weighted by molar-refractivity contribution is 5.42. The summed E-state index contributed by atoms with van der Waals surface area (Å²) in [4.78, 5) is 0. The maximum absolute atomic E-state index is 5.82. The van der Waals surface area contributed by atoms with E-state index in [1.807, 2.05) is 13.0 Å². The quantitative estimate of drug-likeness (QED) is 0.618. The second-order valence-electron chi connectivity index (χ2n) is 3.09. The molecule has 1 aliphatic heterocycles. The summed E-state index contributed by atoms with van der Waals surface area (Å²) in [5.74, 6) is 0. The van der Waals surface area contributed by atoms with E-state index >= 15 is 0 Å². The normalized spacial score (nSPS) is 18.9. The molecule has 66 valence electrons. The van der Waals surface area contributed by atoms with Crippen LogP contribution in [-0.4, -0.2) is 6.54 Å². The van der Waals surface area contributed by atoms with Crippen LogP contribution in [0, 0.1) is 0 Å². The van der Waals surface area contributed by atoms with Crippen molar-refractivity contribution in [3.8, 4) is 0 Å². The topological polar surface area (TPSA) is 38.0 Å². The van der Waals surface area contributed by atoms with E-state index < -0.39 is 0 Å². The van der Waals surface area contributed by atoms with E-state index in [1.165, 1.54) is 16.8 Å². The third-order valence-electron chi connectivity index (χ3n) is 2.11. The maximum Gasteiger partial charge on any atom is 0.0420 e. The Bertz CT molecular complexity index is 270. The first-order chi connectivity index (χ1) is 5.65. The third kappa shape index (κ3) is 1.70. The lowest BCUT2D eigenvalue weighted by atomic mass is 10.0. The minimum atomic E-state index is 0.852. The Kier molecular flexibility index (Phi) is 2.58. The van der Waals surface area contributed by atoms with Gasteiger partial charge in [0.2, 0.25) is 0 Å². The molecule has 1 heterocycles. The van der Waals surface area contributed by atoms with Crippen molar-refractivity contribution in [1.82, 2.24) is 5.32 Å². The molecular weight excluding hydrogens is 148 g/mol. The van der Waals surface area contributed by atoms with E-state index in [0.29, 0.717) is 0 Å². The van der Waals surface area contributed by atoms with Crippen molar-refractivity contribution >= 4 is 0 Å². The summed E-state index contributed by atoms with van der Waals surface area (Å²) in [7, 11) is 0. The molecule has 0 radical (unpaired) electrons. The summed E-state index contributed by atoms with van der Waals surface area (Å²) in [5.41, 5.74) is 10.4. The fourth-order valence-electron chi connectivity index (χ4n) is 1.33. The lowest BCUT2D eigenvalue weighted by Gasteiger charge is -2.18. The molecular formula is C10H16N2. The summed E-state index contributed by atoms with van der Waals surface area (Å²) in [6.45, 7) is 6.97. The molecule has 0 aromatic rings. The van der Waals surface area contributed by atoms with Crippen LogP contribution in [-0.2, 0) is 0 Å². The molecule has 0 unspecified atom stereocenters. The van der Waals surface area contributed by atoms with Gasteiger partial charge in [-0.25, -0.2) is 0 Å². The molecule has 0 bridgehead atoms. The van der Waals surface area contributed by atoms with Gasteiger partial charge in [-0.15, -0.1) is 0 Å². The highest BCUT2D eigenvalue weighted by Gasteiger charge is 2.08. The standard InChI is InChI=1S/C10H16N2/c1-4-10(11)9-6-12-8(3)5-7(9)2/h4-5,12H,6,11H2,1-3H3/b10-4-. The van der Waals surface area contributed by atoms with E-state index in [-0.39, 0.29) is 0 Å². The molecule has 0 aliphatic carbocycles. The average molecular weight is 164 g/mol. The fourth-order valence-corrected chi connectivity index (χ4v) is 1.33. The van der Waals surface area contributed by atoms with Crippen molar-refractivity contribution in [2.24, 2.45) is 5.73 Å². The lowest BCUT2D eigenvalue weighted by molar-refractivity contribution is 0.841. The van der Waals surface area contributed by atoms with Gasteiger partial charge in [0.1, 0.15) is 0 Å². The Labute approximate surface area is 73.8 Å². The molecule has 2 nitrogen and oxygen atoms in total. The number of rotatable bonds is 1. The van der Waals surface area contributed by atoms with Crippen LogP contribution >= 0.6 is 0 Å². The summed E-state index contributed by atoms with van der Waals surface area (Å²) >= 11 is 0. The number of allylic oxidation sites excluding steroid dienone is 4. The van der Waals surface area contributed by atoms with Crippen LogP contribution < -0.4 is 11.1 Å². The Hall–Kier alpha value is -1.18. The molecule has 0 saturated carbocycles. The first-order valence-electron chi connectivity index (χ1n) is 4.19. The minimum absolute atomic E-state index is 0.852. The average Bonchev–Trinajstić information content (AvgIpc) is 2.03. The van der Waals surface area contributed by atoms with Crippen LogP contribution in [0.2, 0.25) is 0 Å². The zero-order chi connectivity index (χ0) is 9.14. The van der Waals surface area contributed by atoms with Crippen LogP contribution in [0.5, 0.6) is 0 Å². The summed E-state index contributed by atoms with van der Waals surface area (Å²) in [6, 6.07) is 0. The van der Waals surface area contributed by atoms with Gasteiger partial charge in [-0.1, -0.05) is 6.08 Å². The molecule has 3 N–H and O–H groups in total. The number of dihydropyridines is 1. The summed E-state index contributed by atoms with van der Waals surface area (Å²) in [6.07, 6.45) is 4.06. The van der Waals surface area contributed by atoms with E-state index in [9.17, 15) is 0 Å². The Balaban J connectivity index is 2.98. The molecule has 0 aromatic carbocycles. The molecule has 0 amide bonds. The number of nitrogens with two attached hydrogens (primary N) is 1. The molecule has 0 saturated heterocycles. The van der Waals surface area contributed by atoms with Crippen LogP contribution in [0.25, 0.3) is 0 Å². The van der Waals surface area contributed by atoms with Gasteiger partial charge < -0.3 is 11.1 Å². The molecule has 12 heavy (non-hydrogen) atoms. The van der Waals surface area contributed by atoms with Crippen molar-refractivity contribution in [1.29, 1.82) is 0 Å². The largest absolute Gasteiger partial charge is 0.399 e. The van der Waals surface area contributed by atoms with Crippen molar-refractivity contribution in [2.75, 3.05) is 6.54 Å². The van der Waals surface area contributed by atoms with Crippen LogP contribution in [0.15, 0.2) is 34.7 Å². The minimum Gasteiger partial charge on any atom is -0.399 e. The SMILES string of the molecule is C/C=C(\N)C1=C(C)C=C(C)NC1. The van der Waals surface area contributed by atoms with E-state index in [4.69, 9.17) is 5.73 Å². The molecule has 0 atom stereocenters. The number of nitrogens with one attached hydrogen (secondary N) is 1. The number of hydrogen-bond donors (Lipinski definition) is 2. The predicted molar refractivity (Wildman–Crippen MR) is 52.4 cm³/mol.